The second kappa shape index (κ2) is 4.72. The lowest BCUT2D eigenvalue weighted by atomic mass is 9.88. The fourth-order valence-corrected chi connectivity index (χ4v) is 2.82. The van der Waals surface area contributed by atoms with Crippen molar-refractivity contribution in [3.05, 3.63) is 42.5 Å². The van der Waals surface area contributed by atoms with E-state index in [0.717, 1.165) is 12.2 Å². The van der Waals surface area contributed by atoms with Gasteiger partial charge in [-0.15, -0.1) is 0 Å². The number of imidazole rings is 2. The molecule has 0 saturated heterocycles. The molecule has 0 aliphatic carbocycles. The van der Waals surface area contributed by atoms with Gasteiger partial charge in [0.25, 0.3) is 0 Å². The largest absolute Gasteiger partial charge is 0.308 e. The van der Waals surface area contributed by atoms with Crippen LogP contribution in [-0.2, 0) is 20.5 Å². The second-order valence-electron chi connectivity index (χ2n) is 6.98. The van der Waals surface area contributed by atoms with E-state index in [-0.39, 0.29) is 0 Å². The van der Waals surface area contributed by atoms with E-state index in [2.05, 4.69) is 77.9 Å². The number of aromatic nitrogens is 4. The Morgan fingerprint density at radius 3 is 2.71 bits per heavy atom. The molecule has 3 aromatic rings. The number of hydrogen-bond acceptors (Lipinski definition) is 1. The summed E-state index contributed by atoms with van der Waals surface area (Å²) in [6.45, 7) is 6.82. The van der Waals surface area contributed by atoms with Crippen LogP contribution in [0.4, 0.5) is 0 Å². The zero-order valence-corrected chi connectivity index (χ0v) is 13.5. The van der Waals surface area contributed by atoms with Crippen LogP contribution in [0.1, 0.15) is 26.3 Å². The highest BCUT2D eigenvalue weighted by molar-refractivity contribution is 5.56. The average Bonchev–Trinajstić information content (AvgIpc) is 2.94. The predicted octanol–water partition coefficient (Wildman–Crippen LogP) is 2.75. The van der Waals surface area contributed by atoms with E-state index in [1.54, 1.807) is 0 Å². The van der Waals surface area contributed by atoms with Gasteiger partial charge in [0, 0.05) is 37.8 Å². The highest BCUT2D eigenvalue weighted by Crippen LogP contribution is 2.24. The average molecular weight is 283 g/mol. The fourth-order valence-electron chi connectivity index (χ4n) is 2.82. The molecule has 0 amide bonds. The zero-order chi connectivity index (χ0) is 15.2. The molecule has 0 saturated carbocycles. The molecule has 0 bridgehead atoms. The summed E-state index contributed by atoms with van der Waals surface area (Å²) in [5.41, 5.74) is 4.05. The Morgan fingerprint density at radius 1 is 1.29 bits per heavy atom. The minimum Gasteiger partial charge on any atom is -0.308 e. The molecule has 3 heterocycles. The molecule has 4 nitrogen and oxygen atoms in total. The Labute approximate surface area is 125 Å². The molecule has 3 aromatic heterocycles. The maximum atomic E-state index is 4.39. The number of aryl methyl sites for hydroxylation is 2. The number of pyridine rings is 1. The minimum atomic E-state index is 0.292. The summed E-state index contributed by atoms with van der Waals surface area (Å²) in [6.07, 6.45) is 9.17. The molecule has 0 aliphatic rings. The molecule has 0 fully saturated rings. The maximum Gasteiger partial charge on any atom is 0.230 e. The topological polar surface area (TPSA) is 26.1 Å². The van der Waals surface area contributed by atoms with Gasteiger partial charge in [-0.05, 0) is 17.4 Å². The first kappa shape index (κ1) is 13.9. The van der Waals surface area contributed by atoms with Gasteiger partial charge >= 0.3 is 0 Å². The van der Waals surface area contributed by atoms with Gasteiger partial charge in [0.1, 0.15) is 12.7 Å². The molecule has 21 heavy (non-hydrogen) atoms. The maximum absolute atomic E-state index is 4.39. The molecule has 3 rings (SSSR count). The van der Waals surface area contributed by atoms with E-state index < -0.39 is 0 Å². The summed E-state index contributed by atoms with van der Waals surface area (Å²) >= 11 is 0. The van der Waals surface area contributed by atoms with Crippen LogP contribution in [0.15, 0.2) is 36.9 Å². The summed E-state index contributed by atoms with van der Waals surface area (Å²) in [4.78, 5) is 4.39. The summed E-state index contributed by atoms with van der Waals surface area (Å²) in [5.74, 6) is 0.964. The van der Waals surface area contributed by atoms with Crippen LogP contribution in [-0.4, -0.2) is 14.0 Å². The first-order chi connectivity index (χ1) is 9.85. The molecule has 0 atom stereocenters. The van der Waals surface area contributed by atoms with Gasteiger partial charge in [-0.2, -0.15) is 4.57 Å². The first-order valence-electron chi connectivity index (χ1n) is 7.32. The Bertz CT molecular complexity index is 787. The Kier molecular flexibility index (Phi) is 3.12. The smallest absolute Gasteiger partial charge is 0.230 e. The minimum absolute atomic E-state index is 0.292. The summed E-state index contributed by atoms with van der Waals surface area (Å²) in [7, 11) is 4.15. The van der Waals surface area contributed by atoms with Crippen LogP contribution >= 0.6 is 0 Å². The van der Waals surface area contributed by atoms with E-state index >= 15 is 0 Å². The highest BCUT2D eigenvalue weighted by atomic mass is 15.2. The lowest BCUT2D eigenvalue weighted by Gasteiger charge is -2.17. The molecule has 0 aromatic carbocycles. The van der Waals surface area contributed by atoms with Gasteiger partial charge in [0.15, 0.2) is 6.20 Å². The van der Waals surface area contributed by atoms with Gasteiger partial charge in [0.05, 0.1) is 0 Å². The van der Waals surface area contributed by atoms with Crippen molar-refractivity contribution in [2.24, 2.45) is 19.5 Å². The molecule has 4 heteroatoms. The number of nitrogens with zero attached hydrogens (tertiary/aromatic N) is 4. The van der Waals surface area contributed by atoms with Crippen LogP contribution < -0.4 is 4.57 Å². The van der Waals surface area contributed by atoms with Crippen molar-refractivity contribution < 1.29 is 4.57 Å². The normalized spacial score (nSPS) is 12.2. The highest BCUT2D eigenvalue weighted by Gasteiger charge is 2.19. The molecule has 110 valence electrons. The van der Waals surface area contributed by atoms with Crippen molar-refractivity contribution in [2.45, 2.75) is 27.2 Å². The zero-order valence-electron chi connectivity index (χ0n) is 13.5. The molecule has 0 unspecified atom stereocenters. The molecular weight excluding hydrogens is 260 g/mol. The van der Waals surface area contributed by atoms with E-state index in [1.165, 1.54) is 17.0 Å². The van der Waals surface area contributed by atoms with Crippen molar-refractivity contribution in [3.63, 3.8) is 0 Å². The van der Waals surface area contributed by atoms with E-state index in [4.69, 9.17) is 0 Å². The molecule has 0 aliphatic heterocycles. The molecular formula is C17H23N4+. The number of rotatable bonds is 2. The summed E-state index contributed by atoms with van der Waals surface area (Å²) in [5, 5.41) is 0. The fraction of sp³-hybridized carbons (Fsp3) is 0.412. The Balaban J connectivity index is 2.10. The third-order valence-corrected chi connectivity index (χ3v) is 3.78. The summed E-state index contributed by atoms with van der Waals surface area (Å²) < 4.78 is 6.36. The van der Waals surface area contributed by atoms with Crippen molar-refractivity contribution in [1.82, 2.24) is 14.0 Å². The Morgan fingerprint density at radius 2 is 2.05 bits per heavy atom. The first-order valence-corrected chi connectivity index (χ1v) is 7.32. The number of fused-ring (bicyclic) bond motifs is 1. The van der Waals surface area contributed by atoms with Crippen LogP contribution in [0.2, 0.25) is 0 Å². The van der Waals surface area contributed by atoms with Gasteiger partial charge in [-0.1, -0.05) is 20.8 Å². The van der Waals surface area contributed by atoms with Crippen molar-refractivity contribution in [3.8, 4) is 11.4 Å². The SMILES string of the molecule is Cn1c(-c2cc(CC(C)(C)C)cc[n+]2C)cn2ccnc12. The van der Waals surface area contributed by atoms with E-state index in [1.807, 2.05) is 12.4 Å². The van der Waals surface area contributed by atoms with Gasteiger partial charge in [-0.25, -0.2) is 4.98 Å². The van der Waals surface area contributed by atoms with Crippen LogP contribution in [0.5, 0.6) is 0 Å². The van der Waals surface area contributed by atoms with Crippen LogP contribution in [0, 0.1) is 5.41 Å². The molecule has 0 N–H and O–H groups in total. The van der Waals surface area contributed by atoms with E-state index in [0.29, 0.717) is 5.41 Å². The lowest BCUT2D eigenvalue weighted by molar-refractivity contribution is -0.660. The van der Waals surface area contributed by atoms with Crippen molar-refractivity contribution in [2.75, 3.05) is 0 Å². The quantitative estimate of drug-likeness (QED) is 0.664. The van der Waals surface area contributed by atoms with Gasteiger partial charge < -0.3 is 4.57 Å². The molecule has 0 radical (unpaired) electrons. The molecule has 0 spiro atoms. The lowest BCUT2D eigenvalue weighted by Crippen LogP contribution is -2.31. The third kappa shape index (κ3) is 2.58. The third-order valence-electron chi connectivity index (χ3n) is 3.78. The predicted molar refractivity (Wildman–Crippen MR) is 83.9 cm³/mol. The van der Waals surface area contributed by atoms with Gasteiger partial charge in [0.2, 0.25) is 11.5 Å². The van der Waals surface area contributed by atoms with Crippen molar-refractivity contribution >= 4 is 5.78 Å². The summed E-state index contributed by atoms with van der Waals surface area (Å²) in [6, 6.07) is 4.50. The van der Waals surface area contributed by atoms with E-state index in [9.17, 15) is 0 Å². The van der Waals surface area contributed by atoms with Gasteiger partial charge in [-0.3, -0.25) is 4.40 Å². The van der Waals surface area contributed by atoms with Crippen LogP contribution in [0.3, 0.4) is 0 Å². The van der Waals surface area contributed by atoms with Crippen LogP contribution in [0.25, 0.3) is 17.2 Å². The monoisotopic (exact) mass is 283 g/mol. The van der Waals surface area contributed by atoms with Crippen molar-refractivity contribution in [1.29, 1.82) is 0 Å². The standard InChI is InChI=1S/C17H23N4/c1-17(2,3)11-13-6-8-19(4)14(10-13)15-12-21-9-7-18-16(21)20(15)5/h6-10,12H,11H2,1-5H3/q+1. The Hall–Kier alpha value is -2.10. The number of hydrogen-bond donors (Lipinski definition) is 0. The second-order valence-corrected chi connectivity index (χ2v) is 6.98.